The van der Waals surface area contributed by atoms with Crippen LogP contribution in [0.2, 0.25) is 0 Å². The number of carbonyl (C=O) groups is 1. The first-order chi connectivity index (χ1) is 16.0. The number of hydrogen-bond acceptors (Lipinski definition) is 7. The molecule has 180 valence electrons. The molecule has 0 aromatic heterocycles. The van der Waals surface area contributed by atoms with Crippen molar-refractivity contribution in [2.45, 2.75) is 6.42 Å². The normalized spacial score (nSPS) is 18.1. The monoisotopic (exact) mass is 510 g/mol. The number of amides is 1. The lowest BCUT2D eigenvalue weighted by molar-refractivity contribution is -0.117. The molecule has 0 aliphatic carbocycles. The molecule has 1 amide bonds. The maximum absolute atomic E-state index is 15.4. The third-order valence-corrected chi connectivity index (χ3v) is 8.73. The minimum Gasteiger partial charge on any atom is -0.506 e. The molecule has 4 rings (SSSR count). The van der Waals surface area contributed by atoms with E-state index in [1.54, 1.807) is 16.9 Å². The average Bonchev–Trinajstić information content (AvgIpc) is 3.36. The van der Waals surface area contributed by atoms with Crippen molar-refractivity contribution in [3.63, 3.8) is 0 Å². The zero-order valence-corrected chi connectivity index (χ0v) is 19.2. The number of nitrogens with zero attached hydrogens (tertiary/aromatic N) is 5. The zero-order chi connectivity index (χ0) is 24.7. The van der Waals surface area contributed by atoms with Crippen LogP contribution in [0.5, 0.6) is 5.75 Å². The standard InChI is InChI=1S/C19H19FN6O6S2/c20-18-15-8-12(14-4-6-25(10-14)33(29,30)7-1-5-22-24-21)2-3-13(15)9-16(27)19(18)26-11-17(28)23-34(26,31)32/h2-4,8-9,27H,1,5-7,10-11H2,(H,23,28). The van der Waals surface area contributed by atoms with E-state index < -0.39 is 49.9 Å². The predicted octanol–water partition coefficient (Wildman–Crippen LogP) is 1.59. The lowest BCUT2D eigenvalue weighted by Crippen LogP contribution is -2.31. The Bertz CT molecular complexity index is 1480. The highest BCUT2D eigenvalue weighted by molar-refractivity contribution is 7.92. The average molecular weight is 511 g/mol. The summed E-state index contributed by atoms with van der Waals surface area (Å²) < 4.78 is 68.2. The molecule has 2 N–H and O–H groups in total. The summed E-state index contributed by atoms with van der Waals surface area (Å²) in [5, 5.41) is 13.9. The first-order valence-corrected chi connectivity index (χ1v) is 13.0. The van der Waals surface area contributed by atoms with Crippen molar-refractivity contribution in [3.8, 4) is 5.75 Å². The molecular formula is C19H19FN6O6S2. The van der Waals surface area contributed by atoms with E-state index in [1.807, 2.05) is 0 Å². The van der Waals surface area contributed by atoms with Gasteiger partial charge in [0.15, 0.2) is 5.82 Å². The Hall–Kier alpha value is -3.39. The molecule has 2 heterocycles. The molecule has 15 heteroatoms. The number of benzene rings is 2. The molecule has 1 saturated heterocycles. The van der Waals surface area contributed by atoms with E-state index in [9.17, 15) is 26.7 Å². The molecule has 2 aliphatic rings. The number of phenolic OH excluding ortho intramolecular Hbond substituents is 1. The van der Waals surface area contributed by atoms with Gasteiger partial charge in [0.25, 0.3) is 5.91 Å². The SMILES string of the molecule is [N-]=[N+]=NCCCS(=O)(=O)N1CC=C(c2ccc3cc(O)c(N4CC(=O)NS4(=O)=O)c(F)c3c2)C1. The minimum absolute atomic E-state index is 0.00331. The van der Waals surface area contributed by atoms with Gasteiger partial charge in [0.05, 0.1) is 5.75 Å². The topological polar surface area (TPSA) is 173 Å². The number of phenols is 1. The summed E-state index contributed by atoms with van der Waals surface area (Å²) in [7, 11) is -7.94. The highest BCUT2D eigenvalue weighted by Gasteiger charge is 2.38. The number of nitrogens with one attached hydrogen (secondary N) is 1. The number of halogens is 1. The molecule has 0 saturated carbocycles. The van der Waals surface area contributed by atoms with Gasteiger partial charge in [-0.15, -0.1) is 0 Å². The number of anilines is 1. The number of azide groups is 1. The van der Waals surface area contributed by atoms with Crippen molar-refractivity contribution in [2.24, 2.45) is 5.11 Å². The number of carbonyl (C=O) groups excluding carboxylic acids is 1. The van der Waals surface area contributed by atoms with Crippen molar-refractivity contribution in [1.82, 2.24) is 9.03 Å². The van der Waals surface area contributed by atoms with E-state index in [-0.39, 0.29) is 37.2 Å². The maximum atomic E-state index is 15.4. The molecule has 2 aliphatic heterocycles. The van der Waals surface area contributed by atoms with Crippen molar-refractivity contribution >= 4 is 48.2 Å². The van der Waals surface area contributed by atoms with Crippen LogP contribution in [-0.4, -0.2) is 64.1 Å². The quantitative estimate of drug-likeness (QED) is 0.248. The summed E-state index contributed by atoms with van der Waals surface area (Å²) in [6.07, 6.45) is 1.88. The van der Waals surface area contributed by atoms with Crippen LogP contribution in [0, 0.1) is 5.82 Å². The van der Waals surface area contributed by atoms with Gasteiger partial charge in [-0.25, -0.2) is 21.8 Å². The Morgan fingerprint density at radius 2 is 2.03 bits per heavy atom. The number of aromatic hydroxyl groups is 1. The van der Waals surface area contributed by atoms with Gasteiger partial charge in [0, 0.05) is 29.9 Å². The van der Waals surface area contributed by atoms with Gasteiger partial charge in [0.1, 0.15) is 18.0 Å². The van der Waals surface area contributed by atoms with E-state index >= 15 is 4.39 Å². The molecule has 0 radical (unpaired) electrons. The number of fused-ring (bicyclic) bond motifs is 1. The van der Waals surface area contributed by atoms with Gasteiger partial charge < -0.3 is 5.11 Å². The summed E-state index contributed by atoms with van der Waals surface area (Å²) in [5.41, 5.74) is 8.79. The summed E-state index contributed by atoms with van der Waals surface area (Å²) >= 11 is 0. The van der Waals surface area contributed by atoms with E-state index in [0.717, 1.165) is 0 Å². The third-order valence-electron chi connectivity index (χ3n) is 5.48. The lowest BCUT2D eigenvalue weighted by Gasteiger charge is -2.19. The number of hydrogen-bond donors (Lipinski definition) is 2. The fraction of sp³-hybridized carbons (Fsp3) is 0.316. The Kier molecular flexibility index (Phi) is 6.12. The molecule has 0 bridgehead atoms. The van der Waals surface area contributed by atoms with Crippen molar-refractivity contribution < 1.29 is 31.1 Å². The fourth-order valence-electron chi connectivity index (χ4n) is 3.85. The van der Waals surface area contributed by atoms with Crippen LogP contribution in [0.15, 0.2) is 35.5 Å². The third kappa shape index (κ3) is 4.37. The van der Waals surface area contributed by atoms with Crippen LogP contribution in [0.3, 0.4) is 0 Å². The smallest absolute Gasteiger partial charge is 0.326 e. The molecule has 34 heavy (non-hydrogen) atoms. The second-order valence-corrected chi connectivity index (χ2v) is 11.4. The Morgan fingerprint density at radius 1 is 1.26 bits per heavy atom. The fourth-order valence-corrected chi connectivity index (χ4v) is 6.41. The Morgan fingerprint density at radius 3 is 2.71 bits per heavy atom. The van der Waals surface area contributed by atoms with Crippen molar-refractivity contribution in [1.29, 1.82) is 0 Å². The lowest BCUT2D eigenvalue weighted by atomic mass is 10.0. The second-order valence-electron chi connectivity index (χ2n) is 7.68. The zero-order valence-electron chi connectivity index (χ0n) is 17.5. The van der Waals surface area contributed by atoms with Gasteiger partial charge >= 0.3 is 10.2 Å². The summed E-state index contributed by atoms with van der Waals surface area (Å²) in [6, 6.07) is 5.80. The van der Waals surface area contributed by atoms with Gasteiger partial charge in [-0.3, -0.25) is 4.79 Å². The summed E-state index contributed by atoms with van der Waals surface area (Å²) in [5.74, 6) is -2.71. The van der Waals surface area contributed by atoms with Gasteiger partial charge in [-0.05, 0) is 40.6 Å². The van der Waals surface area contributed by atoms with E-state index in [2.05, 4.69) is 10.0 Å². The first kappa shape index (κ1) is 23.8. The van der Waals surface area contributed by atoms with Crippen LogP contribution in [0.1, 0.15) is 12.0 Å². The van der Waals surface area contributed by atoms with Gasteiger partial charge in [0.2, 0.25) is 10.0 Å². The summed E-state index contributed by atoms with van der Waals surface area (Å²) in [4.78, 5) is 14.1. The van der Waals surface area contributed by atoms with Gasteiger partial charge in [-0.1, -0.05) is 23.3 Å². The first-order valence-electron chi connectivity index (χ1n) is 10.00. The van der Waals surface area contributed by atoms with Crippen molar-refractivity contribution in [3.05, 3.63) is 52.2 Å². The van der Waals surface area contributed by atoms with E-state index in [1.165, 1.54) is 22.5 Å². The Labute approximate surface area is 194 Å². The number of rotatable bonds is 7. The second kappa shape index (κ2) is 8.76. The Balaban J connectivity index is 1.63. The van der Waals surface area contributed by atoms with Crippen LogP contribution in [0.4, 0.5) is 10.1 Å². The largest absolute Gasteiger partial charge is 0.506 e. The molecule has 2 aromatic rings. The number of sulfonamides is 1. The minimum atomic E-state index is -4.34. The van der Waals surface area contributed by atoms with E-state index in [0.29, 0.717) is 20.8 Å². The van der Waals surface area contributed by atoms with Crippen LogP contribution < -0.4 is 9.03 Å². The van der Waals surface area contributed by atoms with Crippen LogP contribution >= 0.6 is 0 Å². The van der Waals surface area contributed by atoms with E-state index in [4.69, 9.17) is 5.53 Å². The molecule has 0 atom stereocenters. The molecular weight excluding hydrogens is 491 g/mol. The van der Waals surface area contributed by atoms with Crippen LogP contribution in [-0.2, 0) is 25.0 Å². The highest BCUT2D eigenvalue weighted by Crippen LogP contribution is 2.39. The van der Waals surface area contributed by atoms with Crippen LogP contribution in [0.25, 0.3) is 26.8 Å². The maximum Gasteiger partial charge on any atom is 0.326 e. The highest BCUT2D eigenvalue weighted by atomic mass is 32.2. The summed E-state index contributed by atoms with van der Waals surface area (Å²) in [6.45, 7) is -0.423. The molecule has 1 fully saturated rings. The molecule has 0 spiro atoms. The predicted molar refractivity (Wildman–Crippen MR) is 122 cm³/mol. The molecule has 12 nitrogen and oxygen atoms in total. The van der Waals surface area contributed by atoms with Crippen molar-refractivity contribution in [2.75, 3.05) is 36.2 Å². The molecule has 0 unspecified atom stereocenters. The van der Waals surface area contributed by atoms with Gasteiger partial charge in [-0.2, -0.15) is 12.7 Å². The molecule has 2 aromatic carbocycles.